The summed E-state index contributed by atoms with van der Waals surface area (Å²) in [5.41, 5.74) is 0.102. The van der Waals surface area contributed by atoms with Crippen LogP contribution in [0, 0.1) is 10.7 Å². The lowest BCUT2D eigenvalue weighted by Crippen LogP contribution is -2.33. The van der Waals surface area contributed by atoms with Crippen molar-refractivity contribution in [3.8, 4) is 5.40 Å². The maximum atomic E-state index is 12.9. The minimum absolute atomic E-state index is 0.0187. The Labute approximate surface area is 137 Å². The molecule has 0 unspecified atom stereocenters. The van der Waals surface area contributed by atoms with Gasteiger partial charge in [-0.2, -0.15) is 18.4 Å². The Morgan fingerprint density at radius 3 is 2.70 bits per heavy atom. The Morgan fingerprint density at radius 2 is 2.13 bits per heavy atom. The summed E-state index contributed by atoms with van der Waals surface area (Å²) in [4.78, 5) is 0.177. The van der Waals surface area contributed by atoms with Crippen LogP contribution in [0.3, 0.4) is 0 Å². The number of aryl methyl sites for hydroxylation is 1. The molecular weight excluding hydrogens is 349 g/mol. The molecule has 0 radical (unpaired) electrons. The van der Waals surface area contributed by atoms with E-state index in [1.54, 1.807) is 12.3 Å². The van der Waals surface area contributed by atoms with Crippen LogP contribution in [-0.2, 0) is 22.4 Å². The van der Waals surface area contributed by atoms with Gasteiger partial charge >= 0.3 is 6.18 Å². The summed E-state index contributed by atoms with van der Waals surface area (Å²) in [6, 6.07) is 1.63. The Morgan fingerprint density at radius 1 is 1.43 bits per heavy atom. The molecule has 0 fully saturated rings. The van der Waals surface area contributed by atoms with Crippen molar-refractivity contribution in [3.05, 3.63) is 23.3 Å². The predicted octanol–water partition coefficient (Wildman–Crippen LogP) is 3.44. The van der Waals surface area contributed by atoms with Crippen molar-refractivity contribution in [2.24, 2.45) is 0 Å². The number of anilines is 1. The number of halogens is 3. The van der Waals surface area contributed by atoms with Gasteiger partial charge in [0.25, 0.3) is 0 Å². The van der Waals surface area contributed by atoms with Gasteiger partial charge < -0.3 is 5.32 Å². The summed E-state index contributed by atoms with van der Waals surface area (Å²) < 4.78 is 62.3. The van der Waals surface area contributed by atoms with E-state index < -0.39 is 21.6 Å². The van der Waals surface area contributed by atoms with Gasteiger partial charge in [0.2, 0.25) is 0 Å². The Balaban J connectivity index is 2.37. The maximum Gasteiger partial charge on any atom is 0.416 e. The molecule has 1 aliphatic rings. The molecule has 1 heterocycles. The summed E-state index contributed by atoms with van der Waals surface area (Å²) in [5, 5.41) is 13.6. The van der Waals surface area contributed by atoms with Crippen molar-refractivity contribution in [3.63, 3.8) is 0 Å². The third-order valence-corrected chi connectivity index (χ3v) is 6.10. The van der Waals surface area contributed by atoms with Crippen LogP contribution in [0.2, 0.25) is 0 Å². The molecule has 1 atom stereocenters. The molecule has 1 aromatic rings. The van der Waals surface area contributed by atoms with Gasteiger partial charge in [-0.25, -0.2) is 8.42 Å². The lowest BCUT2D eigenvalue weighted by Gasteiger charge is -2.29. The number of alkyl halides is 3. The average molecular weight is 364 g/mol. The molecule has 0 aliphatic carbocycles. The van der Waals surface area contributed by atoms with Crippen molar-refractivity contribution in [2.75, 3.05) is 16.8 Å². The topological polar surface area (TPSA) is 70.0 Å². The Hall–Kier alpha value is -1.40. The first-order valence-electron chi connectivity index (χ1n) is 6.93. The van der Waals surface area contributed by atoms with Gasteiger partial charge in [-0.3, -0.25) is 0 Å². The summed E-state index contributed by atoms with van der Waals surface area (Å²) in [6.45, 7) is 1.55. The second kappa shape index (κ2) is 6.61. The van der Waals surface area contributed by atoms with Crippen LogP contribution in [0.15, 0.2) is 17.0 Å². The number of hydrogen-bond acceptors (Lipinski definition) is 5. The lowest BCUT2D eigenvalue weighted by molar-refractivity contribution is -0.137. The number of thioether (sulfide) groups is 1. The molecule has 1 N–H and O–H groups in total. The molecule has 23 heavy (non-hydrogen) atoms. The number of sulfone groups is 1. The van der Waals surface area contributed by atoms with E-state index in [-0.39, 0.29) is 22.4 Å². The third-order valence-electron chi connectivity index (χ3n) is 3.67. The highest BCUT2D eigenvalue weighted by Gasteiger charge is 2.34. The summed E-state index contributed by atoms with van der Waals surface area (Å²) in [5.74, 6) is -0.0501. The zero-order chi connectivity index (χ0) is 17.3. The second-order valence-electron chi connectivity index (χ2n) is 5.28. The van der Waals surface area contributed by atoms with Gasteiger partial charge in [0.15, 0.2) is 9.84 Å². The van der Waals surface area contributed by atoms with Crippen LogP contribution in [0.4, 0.5) is 18.9 Å². The minimum atomic E-state index is -4.48. The molecule has 126 valence electrons. The third kappa shape index (κ3) is 4.32. The van der Waals surface area contributed by atoms with Gasteiger partial charge in [-0.05, 0) is 42.3 Å². The largest absolute Gasteiger partial charge is 0.416 e. The molecule has 0 saturated heterocycles. The summed E-state index contributed by atoms with van der Waals surface area (Å²) in [6.07, 6.45) is -3.71. The monoisotopic (exact) mass is 364 g/mol. The van der Waals surface area contributed by atoms with E-state index in [9.17, 15) is 21.6 Å². The normalized spacial score (nSPS) is 18.0. The van der Waals surface area contributed by atoms with Crippen LogP contribution in [-0.4, -0.2) is 26.0 Å². The number of thiocyanates is 1. The highest BCUT2D eigenvalue weighted by Crippen LogP contribution is 2.40. The maximum absolute atomic E-state index is 12.9. The van der Waals surface area contributed by atoms with Gasteiger partial charge in [0.05, 0.1) is 17.0 Å². The molecule has 1 aliphatic heterocycles. The van der Waals surface area contributed by atoms with Crippen molar-refractivity contribution in [2.45, 2.75) is 36.9 Å². The second-order valence-corrected chi connectivity index (χ2v) is 8.50. The molecule has 0 bridgehead atoms. The van der Waals surface area contributed by atoms with Crippen LogP contribution in [0.25, 0.3) is 0 Å². The molecule has 0 aromatic heterocycles. The van der Waals surface area contributed by atoms with Gasteiger partial charge in [-0.15, -0.1) is 0 Å². The van der Waals surface area contributed by atoms with E-state index in [1.807, 2.05) is 0 Å². The number of nitriles is 1. The first-order chi connectivity index (χ1) is 10.7. The van der Waals surface area contributed by atoms with Gasteiger partial charge in [0.1, 0.15) is 5.40 Å². The molecule has 1 aromatic carbocycles. The average Bonchev–Trinajstić information content (AvgIpc) is 2.46. The van der Waals surface area contributed by atoms with Crippen molar-refractivity contribution >= 4 is 27.3 Å². The molecule has 9 heteroatoms. The van der Waals surface area contributed by atoms with E-state index >= 15 is 0 Å². The fraction of sp³-hybridized carbons (Fsp3) is 0.500. The molecule has 0 saturated carbocycles. The number of hydrogen-bond donors (Lipinski definition) is 1. The smallest absolute Gasteiger partial charge is 0.380 e. The van der Waals surface area contributed by atoms with E-state index in [4.69, 9.17) is 5.26 Å². The zero-order valence-corrected chi connectivity index (χ0v) is 13.9. The van der Waals surface area contributed by atoms with Crippen LogP contribution < -0.4 is 5.32 Å². The number of fused-ring (bicyclic) bond motifs is 1. The molecule has 2 rings (SSSR count). The number of rotatable bonds is 4. The summed E-state index contributed by atoms with van der Waals surface area (Å²) in [7, 11) is -3.19. The minimum Gasteiger partial charge on any atom is -0.380 e. The molecule has 4 nitrogen and oxygen atoms in total. The van der Waals surface area contributed by atoms with Crippen molar-refractivity contribution < 1.29 is 21.6 Å². The lowest BCUT2D eigenvalue weighted by atomic mass is 9.97. The van der Waals surface area contributed by atoms with E-state index in [0.717, 1.165) is 12.1 Å². The van der Waals surface area contributed by atoms with Crippen molar-refractivity contribution in [1.82, 2.24) is 0 Å². The standard InChI is InChI=1S/C14H15F3N2O2S2/c1-2-23(20,21)7-11-4-3-9-5-10(14(15,16)17)6-12(22-8-18)13(9)19-11/h5-6,11,19H,2-4,7H2,1H3/t11-/m0/s1. The molecular formula is C14H15F3N2O2S2. The first kappa shape index (κ1) is 17.9. The molecule has 0 amide bonds. The van der Waals surface area contributed by atoms with Gasteiger partial charge in [-0.1, -0.05) is 6.92 Å². The van der Waals surface area contributed by atoms with Crippen LogP contribution >= 0.6 is 11.8 Å². The fourth-order valence-electron chi connectivity index (χ4n) is 2.48. The quantitative estimate of drug-likeness (QED) is 0.655. The zero-order valence-electron chi connectivity index (χ0n) is 12.3. The van der Waals surface area contributed by atoms with Crippen molar-refractivity contribution in [1.29, 1.82) is 5.26 Å². The Kier molecular flexibility index (Phi) is 5.16. The van der Waals surface area contributed by atoms with Crippen LogP contribution in [0.1, 0.15) is 24.5 Å². The summed E-state index contributed by atoms with van der Waals surface area (Å²) >= 11 is 0.640. The first-order valence-corrected chi connectivity index (χ1v) is 9.57. The van der Waals surface area contributed by atoms with Gasteiger partial charge in [0, 0.05) is 16.7 Å². The van der Waals surface area contributed by atoms with Crippen LogP contribution in [0.5, 0.6) is 0 Å². The SMILES string of the molecule is CCS(=O)(=O)C[C@@H]1CCc2cc(C(F)(F)F)cc(SC#N)c2N1. The fourth-order valence-corrected chi connectivity index (χ4v) is 4.16. The number of nitrogens with one attached hydrogen (secondary N) is 1. The highest BCUT2D eigenvalue weighted by molar-refractivity contribution is 8.03. The predicted molar refractivity (Wildman–Crippen MR) is 83.0 cm³/mol. The number of nitrogens with zero attached hydrogens (tertiary/aromatic N) is 1. The van der Waals surface area contributed by atoms with E-state index in [2.05, 4.69) is 5.32 Å². The molecule has 0 spiro atoms. The van der Waals surface area contributed by atoms with E-state index in [0.29, 0.717) is 35.9 Å². The Bertz CT molecular complexity index is 740. The highest BCUT2D eigenvalue weighted by atomic mass is 32.2. The number of benzene rings is 1. The van der Waals surface area contributed by atoms with E-state index in [1.165, 1.54) is 0 Å².